The van der Waals surface area contributed by atoms with Crippen molar-refractivity contribution < 1.29 is 4.42 Å². The lowest BCUT2D eigenvalue weighted by molar-refractivity contribution is 0.670. The summed E-state index contributed by atoms with van der Waals surface area (Å²) in [5.41, 5.74) is 6.77. The Kier molecular flexibility index (Phi) is 6.39. The highest BCUT2D eigenvalue weighted by atomic mass is 32.1. The zero-order valence-electron chi connectivity index (χ0n) is 27.7. The van der Waals surface area contributed by atoms with Crippen LogP contribution in [0.3, 0.4) is 0 Å². The molecule has 0 aliphatic rings. The molecule has 242 valence electrons. The highest BCUT2D eigenvalue weighted by Gasteiger charge is 2.19. The second kappa shape index (κ2) is 11.4. The lowest BCUT2D eigenvalue weighted by Crippen LogP contribution is -2.00. The van der Waals surface area contributed by atoms with E-state index in [9.17, 15) is 0 Å². The molecule has 11 aromatic rings. The molecule has 0 saturated carbocycles. The maximum Gasteiger partial charge on any atom is 0.164 e. The van der Waals surface area contributed by atoms with Crippen LogP contribution in [0.1, 0.15) is 0 Å². The van der Waals surface area contributed by atoms with Crippen molar-refractivity contribution in [2.24, 2.45) is 0 Å². The number of hydrogen-bond acceptors (Lipinski definition) is 5. The largest absolute Gasteiger partial charge is 0.455 e. The molecule has 0 atom stereocenters. The fourth-order valence-electron chi connectivity index (χ4n) is 7.65. The topological polar surface area (TPSA) is 51.8 Å². The van der Waals surface area contributed by atoms with Crippen LogP contribution in [0.15, 0.2) is 168 Å². The smallest absolute Gasteiger partial charge is 0.164 e. The van der Waals surface area contributed by atoms with Crippen molar-refractivity contribution in [3.05, 3.63) is 164 Å². The molecular weight excluding hydrogens is 655 g/mol. The fourth-order valence-corrected chi connectivity index (χ4v) is 8.81. The van der Waals surface area contributed by atoms with Gasteiger partial charge in [-0.25, -0.2) is 15.0 Å². The number of rotatable bonds is 4. The van der Waals surface area contributed by atoms with Gasteiger partial charge in [-0.05, 0) is 63.5 Å². The van der Waals surface area contributed by atoms with Crippen molar-refractivity contribution in [1.29, 1.82) is 0 Å². The third-order valence-corrected chi connectivity index (χ3v) is 11.2. The molecule has 0 amide bonds. The van der Waals surface area contributed by atoms with Crippen molar-refractivity contribution in [1.82, 2.24) is 15.0 Å². The standard InChI is InChI=1S/C47H27N3OS/c1-2-12-29(13-3-1)45-48-46(50-47(49-45)37-21-8-16-28-11-6-7-17-33(28)37)32-23-24-40-38(26-32)36-20-9-19-35(44(36)51-40)34-18-10-22-41-43(34)39-25-30-14-4-5-15-31(30)27-42(39)52-41/h1-27H. The van der Waals surface area contributed by atoms with Crippen molar-refractivity contribution in [3.8, 4) is 45.3 Å². The Hall–Kier alpha value is -6.69. The van der Waals surface area contributed by atoms with Gasteiger partial charge in [0.05, 0.1) is 0 Å². The summed E-state index contributed by atoms with van der Waals surface area (Å²) < 4.78 is 9.28. The molecule has 3 heterocycles. The molecule has 0 radical (unpaired) electrons. The summed E-state index contributed by atoms with van der Waals surface area (Å²) in [7, 11) is 0. The van der Waals surface area contributed by atoms with Gasteiger partial charge in [0.1, 0.15) is 11.2 Å². The Balaban J connectivity index is 1.10. The van der Waals surface area contributed by atoms with Crippen molar-refractivity contribution >= 4 is 75.0 Å². The van der Waals surface area contributed by atoms with Crippen LogP contribution in [0.25, 0.3) is 109 Å². The minimum Gasteiger partial charge on any atom is -0.455 e. The number of thiophene rings is 1. The first-order valence-corrected chi connectivity index (χ1v) is 18.2. The summed E-state index contributed by atoms with van der Waals surface area (Å²) >= 11 is 1.85. The van der Waals surface area contributed by atoms with E-state index >= 15 is 0 Å². The lowest BCUT2D eigenvalue weighted by atomic mass is 9.96. The number of fused-ring (bicyclic) bond motifs is 8. The maximum atomic E-state index is 6.72. The molecule has 8 aromatic carbocycles. The number of nitrogens with zero attached hydrogens (tertiary/aromatic N) is 3. The second-order valence-electron chi connectivity index (χ2n) is 13.2. The molecule has 0 aliphatic heterocycles. The van der Waals surface area contributed by atoms with Crippen molar-refractivity contribution in [3.63, 3.8) is 0 Å². The van der Waals surface area contributed by atoms with E-state index in [0.717, 1.165) is 55.0 Å². The molecule has 11 rings (SSSR count). The van der Waals surface area contributed by atoms with E-state index in [1.807, 2.05) is 47.7 Å². The molecular formula is C47H27N3OS. The Morgan fingerprint density at radius 1 is 0.385 bits per heavy atom. The molecule has 0 spiro atoms. The monoisotopic (exact) mass is 681 g/mol. The summed E-state index contributed by atoms with van der Waals surface area (Å²) in [5, 5.41) is 9.38. The Morgan fingerprint density at radius 2 is 1.04 bits per heavy atom. The number of hydrogen-bond donors (Lipinski definition) is 0. The van der Waals surface area contributed by atoms with E-state index in [1.54, 1.807) is 0 Å². The lowest BCUT2D eigenvalue weighted by Gasteiger charge is -2.10. The molecule has 0 aliphatic carbocycles. The zero-order chi connectivity index (χ0) is 34.2. The molecule has 52 heavy (non-hydrogen) atoms. The van der Waals surface area contributed by atoms with E-state index in [1.165, 1.54) is 36.5 Å². The molecule has 0 fully saturated rings. The summed E-state index contributed by atoms with van der Waals surface area (Å²) in [6, 6.07) is 57.3. The van der Waals surface area contributed by atoms with E-state index in [-0.39, 0.29) is 0 Å². The first kappa shape index (κ1) is 29.1. The van der Waals surface area contributed by atoms with Crippen LogP contribution in [-0.4, -0.2) is 15.0 Å². The Labute approximate surface area is 302 Å². The van der Waals surface area contributed by atoms with Crippen LogP contribution in [0.4, 0.5) is 0 Å². The first-order chi connectivity index (χ1) is 25.7. The van der Waals surface area contributed by atoms with Gasteiger partial charge in [-0.1, -0.05) is 127 Å². The number of benzene rings is 8. The van der Waals surface area contributed by atoms with Gasteiger partial charge in [0.2, 0.25) is 0 Å². The van der Waals surface area contributed by atoms with Gasteiger partial charge >= 0.3 is 0 Å². The summed E-state index contributed by atoms with van der Waals surface area (Å²) in [6.07, 6.45) is 0. The van der Waals surface area contributed by atoms with Gasteiger partial charge in [-0.15, -0.1) is 11.3 Å². The van der Waals surface area contributed by atoms with Gasteiger partial charge in [0.25, 0.3) is 0 Å². The molecule has 4 nitrogen and oxygen atoms in total. The number of aromatic nitrogens is 3. The third-order valence-electron chi connectivity index (χ3n) is 10.1. The van der Waals surface area contributed by atoms with Crippen molar-refractivity contribution in [2.75, 3.05) is 0 Å². The predicted molar refractivity (Wildman–Crippen MR) is 217 cm³/mol. The Bertz CT molecular complexity index is 3190. The van der Waals surface area contributed by atoms with E-state index in [2.05, 4.69) is 127 Å². The third kappa shape index (κ3) is 4.57. The second-order valence-corrected chi connectivity index (χ2v) is 14.3. The zero-order valence-corrected chi connectivity index (χ0v) is 28.6. The molecule has 0 N–H and O–H groups in total. The molecule has 0 bridgehead atoms. The predicted octanol–water partition coefficient (Wildman–Crippen LogP) is 13.1. The average molecular weight is 682 g/mol. The SMILES string of the molecule is c1ccc(-c2nc(-c3ccc4oc5c(-c6cccc7sc8cc9ccccc9cc8c67)cccc5c4c3)nc(-c3cccc4ccccc34)n2)cc1. The molecule has 0 saturated heterocycles. The van der Waals surface area contributed by atoms with Crippen LogP contribution in [0, 0.1) is 0 Å². The molecule has 0 unspecified atom stereocenters. The minimum atomic E-state index is 0.617. The van der Waals surface area contributed by atoms with E-state index in [0.29, 0.717) is 17.5 Å². The number of para-hydroxylation sites is 1. The molecule has 5 heteroatoms. The summed E-state index contributed by atoms with van der Waals surface area (Å²) in [6.45, 7) is 0. The number of furan rings is 1. The average Bonchev–Trinajstić information content (AvgIpc) is 3.77. The normalized spacial score (nSPS) is 11.8. The van der Waals surface area contributed by atoms with E-state index < -0.39 is 0 Å². The van der Waals surface area contributed by atoms with E-state index in [4.69, 9.17) is 19.4 Å². The maximum absolute atomic E-state index is 6.72. The van der Waals surface area contributed by atoms with Gasteiger partial charge < -0.3 is 4.42 Å². The first-order valence-electron chi connectivity index (χ1n) is 17.3. The van der Waals surface area contributed by atoms with Crippen LogP contribution in [0.5, 0.6) is 0 Å². The van der Waals surface area contributed by atoms with Crippen LogP contribution in [0.2, 0.25) is 0 Å². The highest BCUT2D eigenvalue weighted by molar-refractivity contribution is 7.26. The van der Waals surface area contributed by atoms with Gasteiger partial charge in [0, 0.05) is 53.2 Å². The quantitative estimate of drug-likeness (QED) is 0.185. The summed E-state index contributed by atoms with van der Waals surface area (Å²) in [5.74, 6) is 1.90. The van der Waals surface area contributed by atoms with Crippen LogP contribution >= 0.6 is 11.3 Å². The van der Waals surface area contributed by atoms with Gasteiger partial charge in [0.15, 0.2) is 17.5 Å². The minimum absolute atomic E-state index is 0.617. The highest BCUT2D eigenvalue weighted by Crippen LogP contribution is 2.45. The Morgan fingerprint density at radius 3 is 1.92 bits per heavy atom. The van der Waals surface area contributed by atoms with Gasteiger partial charge in [-0.2, -0.15) is 0 Å². The fraction of sp³-hybridized carbons (Fsp3) is 0. The molecule has 3 aromatic heterocycles. The van der Waals surface area contributed by atoms with Gasteiger partial charge in [-0.3, -0.25) is 0 Å². The van der Waals surface area contributed by atoms with Crippen molar-refractivity contribution in [2.45, 2.75) is 0 Å². The van der Waals surface area contributed by atoms with Crippen LogP contribution in [-0.2, 0) is 0 Å². The summed E-state index contributed by atoms with van der Waals surface area (Å²) in [4.78, 5) is 15.2. The van der Waals surface area contributed by atoms with Crippen LogP contribution < -0.4 is 0 Å².